The van der Waals surface area contributed by atoms with Crippen LogP contribution in [0.2, 0.25) is 0 Å². The molecule has 1 aliphatic carbocycles. The number of hydrogen-bond donors (Lipinski definition) is 3. The molecule has 0 saturated heterocycles. The molecule has 7 nitrogen and oxygen atoms in total. The average Bonchev–Trinajstić information content (AvgIpc) is 3.09. The second-order valence-corrected chi connectivity index (χ2v) is 7.54. The number of halogens is 1. The molecule has 0 bridgehead atoms. The van der Waals surface area contributed by atoms with E-state index in [4.69, 9.17) is 4.98 Å². The highest BCUT2D eigenvalue weighted by Gasteiger charge is 2.21. The van der Waals surface area contributed by atoms with E-state index in [0.717, 1.165) is 12.8 Å². The van der Waals surface area contributed by atoms with Gasteiger partial charge in [-0.2, -0.15) is 4.98 Å². The van der Waals surface area contributed by atoms with Crippen molar-refractivity contribution < 1.29 is 9.50 Å². The summed E-state index contributed by atoms with van der Waals surface area (Å²) >= 11 is 0. The van der Waals surface area contributed by atoms with E-state index in [1.165, 1.54) is 25.3 Å². The SMILES string of the molecule is CCC(CO)n1c(Nc2ccccc2F)nc2cnc(NC3CCCCC3)nc21. The van der Waals surface area contributed by atoms with Gasteiger partial charge in [0.2, 0.25) is 11.9 Å². The van der Waals surface area contributed by atoms with Gasteiger partial charge in [-0.25, -0.2) is 14.4 Å². The third kappa shape index (κ3) is 4.17. The number of aliphatic hydroxyl groups is 1. The van der Waals surface area contributed by atoms with Gasteiger partial charge in [0, 0.05) is 6.04 Å². The maximum absolute atomic E-state index is 14.2. The number of benzene rings is 1. The Balaban J connectivity index is 1.72. The van der Waals surface area contributed by atoms with E-state index in [0.29, 0.717) is 41.2 Å². The van der Waals surface area contributed by atoms with Crippen molar-refractivity contribution in [3.63, 3.8) is 0 Å². The summed E-state index contributed by atoms with van der Waals surface area (Å²) in [6.45, 7) is 1.92. The molecule has 4 rings (SSSR count). The van der Waals surface area contributed by atoms with Gasteiger partial charge in [0.25, 0.3) is 0 Å². The highest BCUT2D eigenvalue weighted by molar-refractivity contribution is 5.76. The molecular weight excluding hydrogens is 371 g/mol. The zero-order chi connectivity index (χ0) is 20.2. The van der Waals surface area contributed by atoms with E-state index in [1.54, 1.807) is 24.4 Å². The summed E-state index contributed by atoms with van der Waals surface area (Å²) in [4.78, 5) is 13.7. The molecule has 0 spiro atoms. The van der Waals surface area contributed by atoms with Crippen LogP contribution >= 0.6 is 0 Å². The fourth-order valence-corrected chi connectivity index (χ4v) is 3.90. The van der Waals surface area contributed by atoms with Gasteiger partial charge in [0.05, 0.1) is 24.5 Å². The number of nitrogens with zero attached hydrogens (tertiary/aromatic N) is 4. The molecule has 2 aromatic heterocycles. The smallest absolute Gasteiger partial charge is 0.224 e. The van der Waals surface area contributed by atoms with Crippen molar-refractivity contribution in [3.8, 4) is 0 Å². The predicted octanol–water partition coefficient (Wildman–Crippen LogP) is 4.40. The Bertz CT molecular complexity index is 965. The molecule has 8 heteroatoms. The largest absolute Gasteiger partial charge is 0.394 e. The molecule has 1 fully saturated rings. The van der Waals surface area contributed by atoms with Gasteiger partial charge in [-0.3, -0.25) is 4.57 Å². The summed E-state index contributed by atoms with van der Waals surface area (Å²) < 4.78 is 16.0. The monoisotopic (exact) mass is 398 g/mol. The average molecular weight is 398 g/mol. The van der Waals surface area contributed by atoms with Gasteiger partial charge in [0.15, 0.2) is 5.65 Å². The van der Waals surface area contributed by atoms with Gasteiger partial charge in [-0.05, 0) is 31.4 Å². The van der Waals surface area contributed by atoms with Crippen LogP contribution in [0.4, 0.5) is 22.0 Å². The number of fused-ring (bicyclic) bond motifs is 1. The van der Waals surface area contributed by atoms with Crippen LogP contribution in [0.1, 0.15) is 51.5 Å². The number of imidazole rings is 1. The lowest BCUT2D eigenvalue weighted by atomic mass is 9.96. The first-order chi connectivity index (χ1) is 14.2. The van der Waals surface area contributed by atoms with E-state index in [9.17, 15) is 9.50 Å². The fraction of sp³-hybridized carbons (Fsp3) is 0.476. The second kappa shape index (κ2) is 8.73. The van der Waals surface area contributed by atoms with Gasteiger partial charge >= 0.3 is 0 Å². The Morgan fingerprint density at radius 2 is 2.00 bits per heavy atom. The number of rotatable bonds is 7. The van der Waals surface area contributed by atoms with Crippen LogP contribution in [0.3, 0.4) is 0 Å². The van der Waals surface area contributed by atoms with Crippen molar-refractivity contribution in [2.45, 2.75) is 57.5 Å². The van der Waals surface area contributed by atoms with Crippen molar-refractivity contribution >= 4 is 28.7 Å². The van der Waals surface area contributed by atoms with Gasteiger partial charge in [0.1, 0.15) is 11.3 Å². The quantitative estimate of drug-likeness (QED) is 0.547. The first-order valence-electron chi connectivity index (χ1n) is 10.3. The van der Waals surface area contributed by atoms with Crippen molar-refractivity contribution in [3.05, 3.63) is 36.3 Å². The summed E-state index contributed by atoms with van der Waals surface area (Å²) in [5, 5.41) is 16.4. The first-order valence-corrected chi connectivity index (χ1v) is 10.3. The Kier molecular flexibility index (Phi) is 5.89. The lowest BCUT2D eigenvalue weighted by Gasteiger charge is -2.23. The number of aromatic nitrogens is 4. The molecule has 0 radical (unpaired) electrons. The number of nitrogens with one attached hydrogen (secondary N) is 2. The van der Waals surface area contributed by atoms with Crippen molar-refractivity contribution in [2.75, 3.05) is 17.2 Å². The lowest BCUT2D eigenvalue weighted by Crippen LogP contribution is -2.23. The summed E-state index contributed by atoms with van der Waals surface area (Å²) in [5.41, 5.74) is 1.55. The van der Waals surface area contributed by atoms with Crippen molar-refractivity contribution in [1.82, 2.24) is 19.5 Å². The minimum absolute atomic E-state index is 0.0662. The fourth-order valence-electron chi connectivity index (χ4n) is 3.90. The number of hydrogen-bond acceptors (Lipinski definition) is 6. The number of para-hydroxylation sites is 1. The van der Waals surface area contributed by atoms with Crippen LogP contribution in [0.15, 0.2) is 30.5 Å². The molecule has 154 valence electrons. The maximum atomic E-state index is 14.2. The topological polar surface area (TPSA) is 87.9 Å². The van der Waals surface area contributed by atoms with E-state index in [-0.39, 0.29) is 18.5 Å². The third-order valence-electron chi connectivity index (χ3n) is 5.54. The van der Waals surface area contributed by atoms with Gasteiger partial charge in [-0.15, -0.1) is 0 Å². The molecule has 3 N–H and O–H groups in total. The molecule has 0 amide bonds. The predicted molar refractivity (Wildman–Crippen MR) is 112 cm³/mol. The van der Waals surface area contributed by atoms with Crippen LogP contribution < -0.4 is 10.6 Å². The van der Waals surface area contributed by atoms with Gasteiger partial charge < -0.3 is 15.7 Å². The standard InChI is InChI=1S/C21H27FN6O/c1-2-15(13-29)28-19-18(26-21(28)25-17-11-7-6-10-16(17)22)12-23-20(27-19)24-14-8-4-3-5-9-14/h6-7,10-12,14-15,29H,2-5,8-9,13H2,1H3,(H,25,26)(H,23,24,27). The van der Waals surface area contributed by atoms with E-state index in [1.807, 2.05) is 11.5 Å². The minimum atomic E-state index is -0.367. The highest BCUT2D eigenvalue weighted by atomic mass is 19.1. The zero-order valence-corrected chi connectivity index (χ0v) is 16.6. The van der Waals surface area contributed by atoms with Crippen LogP contribution in [-0.4, -0.2) is 37.3 Å². The number of anilines is 3. The molecular formula is C21H27FN6O. The number of aliphatic hydroxyl groups excluding tert-OH is 1. The molecule has 1 aromatic carbocycles. The van der Waals surface area contributed by atoms with Crippen molar-refractivity contribution in [2.24, 2.45) is 0 Å². The van der Waals surface area contributed by atoms with E-state index in [2.05, 4.69) is 20.6 Å². The molecule has 1 aliphatic rings. The zero-order valence-electron chi connectivity index (χ0n) is 16.6. The lowest BCUT2D eigenvalue weighted by molar-refractivity contribution is 0.228. The van der Waals surface area contributed by atoms with Crippen LogP contribution in [0.5, 0.6) is 0 Å². The van der Waals surface area contributed by atoms with Crippen molar-refractivity contribution in [1.29, 1.82) is 0 Å². The maximum Gasteiger partial charge on any atom is 0.224 e. The van der Waals surface area contributed by atoms with E-state index >= 15 is 0 Å². The Labute approximate surface area is 169 Å². The highest BCUT2D eigenvalue weighted by Crippen LogP contribution is 2.29. The first kappa shape index (κ1) is 19.6. The molecule has 1 atom stereocenters. The molecule has 29 heavy (non-hydrogen) atoms. The summed E-state index contributed by atoms with van der Waals surface area (Å²) in [7, 11) is 0. The summed E-state index contributed by atoms with van der Waals surface area (Å²) in [5.74, 6) is 0.639. The normalized spacial score (nSPS) is 16.1. The van der Waals surface area contributed by atoms with Crippen LogP contribution in [-0.2, 0) is 0 Å². The minimum Gasteiger partial charge on any atom is -0.394 e. The molecule has 1 saturated carbocycles. The molecule has 3 aromatic rings. The Morgan fingerprint density at radius 3 is 2.72 bits per heavy atom. The summed E-state index contributed by atoms with van der Waals surface area (Å²) in [6.07, 6.45) is 8.33. The van der Waals surface area contributed by atoms with Crippen LogP contribution in [0.25, 0.3) is 11.2 Å². The third-order valence-corrected chi connectivity index (χ3v) is 5.54. The second-order valence-electron chi connectivity index (χ2n) is 7.54. The Morgan fingerprint density at radius 1 is 1.21 bits per heavy atom. The van der Waals surface area contributed by atoms with E-state index < -0.39 is 0 Å². The molecule has 2 heterocycles. The van der Waals surface area contributed by atoms with Crippen LogP contribution in [0, 0.1) is 5.82 Å². The van der Waals surface area contributed by atoms with Gasteiger partial charge in [-0.1, -0.05) is 38.3 Å². The summed E-state index contributed by atoms with van der Waals surface area (Å²) in [6, 6.07) is 6.60. The molecule has 0 aliphatic heterocycles. The molecule has 1 unspecified atom stereocenters. The Hall–Kier alpha value is -2.74.